The van der Waals surface area contributed by atoms with Gasteiger partial charge in [0.15, 0.2) is 0 Å². The van der Waals surface area contributed by atoms with E-state index in [1.54, 1.807) is 6.07 Å². The molecule has 2 unspecified atom stereocenters. The summed E-state index contributed by atoms with van der Waals surface area (Å²) in [4.78, 5) is 2.15. The van der Waals surface area contributed by atoms with Crippen LogP contribution in [0.2, 0.25) is 0 Å². The molecule has 0 radical (unpaired) electrons. The molecule has 0 spiro atoms. The number of anilines is 1. The van der Waals surface area contributed by atoms with Crippen LogP contribution in [0, 0.1) is 11.7 Å². The van der Waals surface area contributed by atoms with Gasteiger partial charge in [-0.2, -0.15) is 0 Å². The first kappa shape index (κ1) is 13.3. The molecular formula is C14H21FN2O. The molecule has 2 rings (SSSR count). The summed E-state index contributed by atoms with van der Waals surface area (Å²) >= 11 is 0. The third kappa shape index (κ3) is 2.82. The van der Waals surface area contributed by atoms with Gasteiger partial charge in [0, 0.05) is 25.3 Å². The van der Waals surface area contributed by atoms with Crippen LogP contribution in [-0.4, -0.2) is 31.3 Å². The van der Waals surface area contributed by atoms with Gasteiger partial charge >= 0.3 is 0 Å². The molecule has 1 aliphatic rings. The number of piperidine rings is 1. The first-order valence-electron chi connectivity index (χ1n) is 6.48. The second-order valence-corrected chi connectivity index (χ2v) is 5.08. The fourth-order valence-electron chi connectivity index (χ4n) is 2.46. The summed E-state index contributed by atoms with van der Waals surface area (Å²) in [7, 11) is 1.85. The number of halogens is 1. The van der Waals surface area contributed by atoms with E-state index < -0.39 is 0 Å². The normalized spacial score (nSPS) is 24.3. The highest BCUT2D eigenvalue weighted by Crippen LogP contribution is 2.27. The van der Waals surface area contributed by atoms with Gasteiger partial charge < -0.3 is 15.3 Å². The van der Waals surface area contributed by atoms with Crippen LogP contribution in [0.15, 0.2) is 18.2 Å². The zero-order chi connectivity index (χ0) is 13.1. The van der Waals surface area contributed by atoms with Crippen LogP contribution < -0.4 is 10.2 Å². The van der Waals surface area contributed by atoms with Gasteiger partial charge in [-0.1, -0.05) is 6.92 Å². The quantitative estimate of drug-likeness (QED) is 0.860. The molecule has 0 amide bonds. The molecule has 1 fully saturated rings. The molecule has 0 aliphatic carbocycles. The number of rotatable bonds is 3. The monoisotopic (exact) mass is 252 g/mol. The van der Waals surface area contributed by atoms with E-state index in [9.17, 15) is 9.50 Å². The van der Waals surface area contributed by atoms with Crippen LogP contribution in [-0.2, 0) is 6.54 Å². The minimum Gasteiger partial charge on any atom is -0.391 e. The van der Waals surface area contributed by atoms with E-state index in [0.29, 0.717) is 19.0 Å². The third-order valence-corrected chi connectivity index (χ3v) is 3.67. The van der Waals surface area contributed by atoms with Crippen molar-refractivity contribution < 1.29 is 9.50 Å². The maximum Gasteiger partial charge on any atom is 0.123 e. The summed E-state index contributed by atoms with van der Waals surface area (Å²) in [5, 5.41) is 13.0. The predicted octanol–water partition coefficient (Wildman–Crippen LogP) is 1.75. The predicted molar refractivity (Wildman–Crippen MR) is 71.2 cm³/mol. The standard InChI is InChI=1S/C14H21FN2O/c1-10-5-6-17(9-14(10)18)13-4-3-12(15)7-11(13)8-16-2/h3-4,7,10,14,16,18H,5-6,8-9H2,1-2H3. The van der Waals surface area contributed by atoms with Crippen molar-refractivity contribution in [1.29, 1.82) is 0 Å². The van der Waals surface area contributed by atoms with Crippen molar-refractivity contribution in [3.8, 4) is 0 Å². The number of nitrogens with one attached hydrogen (secondary N) is 1. The fraction of sp³-hybridized carbons (Fsp3) is 0.571. The van der Waals surface area contributed by atoms with Crippen molar-refractivity contribution >= 4 is 5.69 Å². The maximum absolute atomic E-state index is 13.3. The van der Waals surface area contributed by atoms with Crippen LogP contribution in [0.5, 0.6) is 0 Å². The molecule has 1 saturated heterocycles. The minimum absolute atomic E-state index is 0.213. The summed E-state index contributed by atoms with van der Waals surface area (Å²) in [6.07, 6.45) is 0.670. The largest absolute Gasteiger partial charge is 0.391 e. The Morgan fingerprint density at radius 2 is 2.28 bits per heavy atom. The minimum atomic E-state index is -0.300. The Bertz CT molecular complexity index is 411. The Kier molecular flexibility index (Phi) is 4.19. The molecule has 1 aliphatic heterocycles. The molecular weight excluding hydrogens is 231 g/mol. The van der Waals surface area contributed by atoms with E-state index in [-0.39, 0.29) is 11.9 Å². The Labute approximate surface area is 108 Å². The van der Waals surface area contributed by atoms with E-state index in [1.165, 1.54) is 6.07 Å². The Hall–Kier alpha value is -1.13. The lowest BCUT2D eigenvalue weighted by atomic mass is 9.95. The van der Waals surface area contributed by atoms with Crippen molar-refractivity contribution in [1.82, 2.24) is 5.32 Å². The summed E-state index contributed by atoms with van der Waals surface area (Å²) < 4.78 is 13.3. The highest BCUT2D eigenvalue weighted by molar-refractivity contribution is 5.54. The number of hydrogen-bond donors (Lipinski definition) is 2. The SMILES string of the molecule is CNCc1cc(F)ccc1N1CCC(C)C(O)C1. The second kappa shape index (κ2) is 5.67. The van der Waals surface area contributed by atoms with Crippen molar-refractivity contribution in [2.24, 2.45) is 5.92 Å². The molecule has 0 saturated carbocycles. The summed E-state index contributed by atoms with van der Waals surface area (Å²) in [5.41, 5.74) is 1.97. The van der Waals surface area contributed by atoms with E-state index >= 15 is 0 Å². The second-order valence-electron chi connectivity index (χ2n) is 5.08. The average Bonchev–Trinajstić information content (AvgIpc) is 2.34. The number of benzene rings is 1. The molecule has 1 aromatic carbocycles. The van der Waals surface area contributed by atoms with E-state index in [0.717, 1.165) is 24.2 Å². The lowest BCUT2D eigenvalue weighted by molar-refractivity contribution is 0.103. The molecule has 1 heterocycles. The van der Waals surface area contributed by atoms with E-state index in [4.69, 9.17) is 0 Å². The topological polar surface area (TPSA) is 35.5 Å². The number of aliphatic hydroxyl groups excluding tert-OH is 1. The Balaban J connectivity index is 2.22. The molecule has 0 aromatic heterocycles. The highest BCUT2D eigenvalue weighted by Gasteiger charge is 2.25. The molecule has 2 atom stereocenters. The van der Waals surface area contributed by atoms with Gasteiger partial charge in [0.2, 0.25) is 0 Å². The molecule has 2 N–H and O–H groups in total. The van der Waals surface area contributed by atoms with Crippen LogP contribution in [0.3, 0.4) is 0 Å². The number of aliphatic hydroxyl groups is 1. The fourth-order valence-corrected chi connectivity index (χ4v) is 2.46. The smallest absolute Gasteiger partial charge is 0.123 e. The van der Waals surface area contributed by atoms with Crippen LogP contribution in [0.1, 0.15) is 18.9 Å². The molecule has 0 bridgehead atoms. The van der Waals surface area contributed by atoms with Crippen LogP contribution in [0.4, 0.5) is 10.1 Å². The lowest BCUT2D eigenvalue weighted by Crippen LogP contribution is -2.43. The molecule has 18 heavy (non-hydrogen) atoms. The summed E-state index contributed by atoms with van der Waals surface area (Å²) in [6, 6.07) is 4.86. The molecule has 100 valence electrons. The highest BCUT2D eigenvalue weighted by atomic mass is 19.1. The first-order valence-corrected chi connectivity index (χ1v) is 6.48. The molecule has 3 nitrogen and oxygen atoms in total. The van der Waals surface area contributed by atoms with Crippen molar-refractivity contribution in [3.63, 3.8) is 0 Å². The Morgan fingerprint density at radius 3 is 2.94 bits per heavy atom. The van der Waals surface area contributed by atoms with Crippen molar-refractivity contribution in [2.45, 2.75) is 26.0 Å². The summed E-state index contributed by atoms with van der Waals surface area (Å²) in [6.45, 7) is 4.25. The average molecular weight is 252 g/mol. The van der Waals surface area contributed by atoms with Crippen LogP contribution >= 0.6 is 0 Å². The van der Waals surface area contributed by atoms with Crippen LogP contribution in [0.25, 0.3) is 0 Å². The van der Waals surface area contributed by atoms with Gasteiger partial charge in [0.25, 0.3) is 0 Å². The van der Waals surface area contributed by atoms with Crippen molar-refractivity contribution in [3.05, 3.63) is 29.6 Å². The van der Waals surface area contributed by atoms with E-state index in [2.05, 4.69) is 17.1 Å². The van der Waals surface area contributed by atoms with Gasteiger partial charge in [-0.05, 0) is 43.1 Å². The first-order chi connectivity index (χ1) is 8.61. The zero-order valence-corrected chi connectivity index (χ0v) is 11.0. The van der Waals surface area contributed by atoms with Gasteiger partial charge in [-0.15, -0.1) is 0 Å². The Morgan fingerprint density at radius 1 is 1.50 bits per heavy atom. The van der Waals surface area contributed by atoms with Gasteiger partial charge in [-0.25, -0.2) is 4.39 Å². The number of β-amino-alcohol motifs (C(OH)–C–C–N with tert-alkyl or cyclic N) is 1. The maximum atomic E-state index is 13.3. The molecule has 1 aromatic rings. The lowest BCUT2D eigenvalue weighted by Gasteiger charge is -2.36. The van der Waals surface area contributed by atoms with Gasteiger partial charge in [0.1, 0.15) is 5.82 Å². The third-order valence-electron chi connectivity index (χ3n) is 3.67. The zero-order valence-electron chi connectivity index (χ0n) is 11.0. The number of hydrogen-bond acceptors (Lipinski definition) is 3. The van der Waals surface area contributed by atoms with Gasteiger partial charge in [-0.3, -0.25) is 0 Å². The van der Waals surface area contributed by atoms with E-state index in [1.807, 2.05) is 13.1 Å². The summed E-state index contributed by atoms with van der Waals surface area (Å²) in [5.74, 6) is 0.129. The molecule has 4 heteroatoms. The number of nitrogens with zero attached hydrogens (tertiary/aromatic N) is 1. The van der Waals surface area contributed by atoms with Crippen molar-refractivity contribution in [2.75, 3.05) is 25.0 Å². The van der Waals surface area contributed by atoms with Gasteiger partial charge in [0.05, 0.1) is 6.10 Å².